The third-order valence-corrected chi connectivity index (χ3v) is 2.99. The maximum Gasteiger partial charge on any atom is 0.227 e. The SMILES string of the molecule is CCC(CC)C(=O)Nc1cccc(C(C)O)c1. The van der Waals surface area contributed by atoms with Crippen LogP contribution in [0.3, 0.4) is 0 Å². The molecule has 1 unspecified atom stereocenters. The summed E-state index contributed by atoms with van der Waals surface area (Å²) in [5.41, 5.74) is 1.56. The van der Waals surface area contributed by atoms with Gasteiger partial charge in [-0.15, -0.1) is 0 Å². The fourth-order valence-corrected chi connectivity index (χ4v) is 1.78. The molecule has 0 saturated heterocycles. The van der Waals surface area contributed by atoms with Gasteiger partial charge in [0.2, 0.25) is 5.91 Å². The number of carbonyl (C=O) groups is 1. The Labute approximate surface area is 103 Å². The van der Waals surface area contributed by atoms with Crippen LogP contribution in [0.15, 0.2) is 24.3 Å². The van der Waals surface area contributed by atoms with Crippen molar-refractivity contribution in [2.45, 2.75) is 39.7 Å². The van der Waals surface area contributed by atoms with Crippen LogP contribution in [0.1, 0.15) is 45.3 Å². The third kappa shape index (κ3) is 3.86. The van der Waals surface area contributed by atoms with Gasteiger partial charge in [-0.3, -0.25) is 4.79 Å². The molecule has 2 N–H and O–H groups in total. The van der Waals surface area contributed by atoms with Gasteiger partial charge in [0.15, 0.2) is 0 Å². The molecule has 0 fully saturated rings. The summed E-state index contributed by atoms with van der Waals surface area (Å²) < 4.78 is 0. The molecule has 0 spiro atoms. The highest BCUT2D eigenvalue weighted by Gasteiger charge is 2.14. The lowest BCUT2D eigenvalue weighted by Crippen LogP contribution is -2.21. The van der Waals surface area contributed by atoms with E-state index in [1.54, 1.807) is 6.92 Å². The summed E-state index contributed by atoms with van der Waals surface area (Å²) in [4.78, 5) is 11.9. The van der Waals surface area contributed by atoms with Crippen LogP contribution in [0.4, 0.5) is 5.69 Å². The number of rotatable bonds is 5. The van der Waals surface area contributed by atoms with E-state index < -0.39 is 6.10 Å². The van der Waals surface area contributed by atoms with Crippen molar-refractivity contribution in [2.75, 3.05) is 5.32 Å². The van der Waals surface area contributed by atoms with Crippen molar-refractivity contribution in [1.82, 2.24) is 0 Å². The summed E-state index contributed by atoms with van der Waals surface area (Å²) in [5.74, 6) is 0.114. The Morgan fingerprint density at radius 3 is 2.53 bits per heavy atom. The van der Waals surface area contributed by atoms with Crippen LogP contribution in [-0.2, 0) is 4.79 Å². The lowest BCUT2D eigenvalue weighted by atomic mass is 10.0. The normalized spacial score (nSPS) is 12.5. The van der Waals surface area contributed by atoms with Crippen LogP contribution in [0, 0.1) is 5.92 Å². The number of hydrogen-bond acceptors (Lipinski definition) is 2. The molecular weight excluding hydrogens is 214 g/mol. The van der Waals surface area contributed by atoms with Crippen LogP contribution in [0.25, 0.3) is 0 Å². The smallest absolute Gasteiger partial charge is 0.227 e. The van der Waals surface area contributed by atoms with Gasteiger partial charge in [-0.1, -0.05) is 26.0 Å². The molecule has 0 heterocycles. The van der Waals surface area contributed by atoms with Crippen molar-refractivity contribution in [2.24, 2.45) is 5.92 Å². The number of anilines is 1. The average Bonchev–Trinajstić information content (AvgIpc) is 2.30. The van der Waals surface area contributed by atoms with Gasteiger partial charge in [-0.2, -0.15) is 0 Å². The molecule has 0 aromatic heterocycles. The maximum atomic E-state index is 11.9. The zero-order chi connectivity index (χ0) is 12.8. The van der Waals surface area contributed by atoms with E-state index in [0.717, 1.165) is 24.1 Å². The zero-order valence-electron chi connectivity index (χ0n) is 10.7. The highest BCUT2D eigenvalue weighted by molar-refractivity contribution is 5.92. The van der Waals surface area contributed by atoms with E-state index in [2.05, 4.69) is 5.32 Å². The number of aliphatic hydroxyl groups is 1. The Bertz CT molecular complexity index is 370. The van der Waals surface area contributed by atoms with E-state index in [-0.39, 0.29) is 11.8 Å². The molecule has 3 nitrogen and oxygen atoms in total. The summed E-state index contributed by atoms with van der Waals surface area (Å²) in [6, 6.07) is 7.33. The molecule has 1 aromatic carbocycles. The molecule has 0 saturated carbocycles. The van der Waals surface area contributed by atoms with E-state index in [1.807, 2.05) is 38.1 Å². The first kappa shape index (κ1) is 13.7. The zero-order valence-corrected chi connectivity index (χ0v) is 10.7. The monoisotopic (exact) mass is 235 g/mol. The van der Waals surface area contributed by atoms with Crippen molar-refractivity contribution in [3.05, 3.63) is 29.8 Å². The summed E-state index contributed by atoms with van der Waals surface area (Å²) in [6.45, 7) is 5.74. The summed E-state index contributed by atoms with van der Waals surface area (Å²) >= 11 is 0. The van der Waals surface area contributed by atoms with Crippen molar-refractivity contribution < 1.29 is 9.90 Å². The van der Waals surface area contributed by atoms with Crippen LogP contribution in [-0.4, -0.2) is 11.0 Å². The first-order chi connectivity index (χ1) is 8.08. The Hall–Kier alpha value is -1.35. The second-order valence-corrected chi connectivity index (χ2v) is 4.30. The highest BCUT2D eigenvalue weighted by Crippen LogP contribution is 2.18. The van der Waals surface area contributed by atoms with Crippen LogP contribution < -0.4 is 5.32 Å². The molecule has 94 valence electrons. The number of hydrogen-bond donors (Lipinski definition) is 2. The minimum atomic E-state index is -0.514. The van der Waals surface area contributed by atoms with E-state index in [9.17, 15) is 9.90 Å². The van der Waals surface area contributed by atoms with Crippen molar-refractivity contribution in [3.8, 4) is 0 Å². The molecule has 17 heavy (non-hydrogen) atoms. The van der Waals surface area contributed by atoms with Gasteiger partial charge >= 0.3 is 0 Å². The molecule has 1 atom stereocenters. The van der Waals surface area contributed by atoms with E-state index >= 15 is 0 Å². The summed E-state index contributed by atoms with van der Waals surface area (Å²) in [5, 5.41) is 12.4. The molecule has 0 aliphatic carbocycles. The molecule has 0 bridgehead atoms. The first-order valence-electron chi connectivity index (χ1n) is 6.17. The van der Waals surface area contributed by atoms with Gasteiger partial charge in [0.25, 0.3) is 0 Å². The van der Waals surface area contributed by atoms with Gasteiger partial charge in [-0.25, -0.2) is 0 Å². The number of amides is 1. The van der Waals surface area contributed by atoms with E-state index in [4.69, 9.17) is 0 Å². The number of aliphatic hydroxyl groups excluding tert-OH is 1. The second-order valence-electron chi connectivity index (χ2n) is 4.30. The lowest BCUT2D eigenvalue weighted by Gasteiger charge is -2.14. The minimum Gasteiger partial charge on any atom is -0.389 e. The molecule has 3 heteroatoms. The van der Waals surface area contributed by atoms with Gasteiger partial charge < -0.3 is 10.4 Å². The Morgan fingerprint density at radius 1 is 1.35 bits per heavy atom. The highest BCUT2D eigenvalue weighted by atomic mass is 16.3. The predicted octanol–water partition coefficient (Wildman–Crippen LogP) is 3.11. The summed E-state index contributed by atoms with van der Waals surface area (Å²) in [6.07, 6.45) is 1.18. The van der Waals surface area contributed by atoms with E-state index in [0.29, 0.717) is 0 Å². The topological polar surface area (TPSA) is 49.3 Å². The lowest BCUT2D eigenvalue weighted by molar-refractivity contribution is -0.120. The quantitative estimate of drug-likeness (QED) is 0.823. The Morgan fingerprint density at radius 2 is 2.00 bits per heavy atom. The fourth-order valence-electron chi connectivity index (χ4n) is 1.78. The van der Waals surface area contributed by atoms with Gasteiger partial charge in [-0.05, 0) is 37.5 Å². The van der Waals surface area contributed by atoms with Crippen molar-refractivity contribution in [1.29, 1.82) is 0 Å². The Balaban J connectivity index is 2.74. The molecule has 0 radical (unpaired) electrons. The standard InChI is InChI=1S/C14H21NO2/c1-4-11(5-2)14(17)15-13-8-6-7-12(9-13)10(3)16/h6-11,16H,4-5H2,1-3H3,(H,15,17). The molecule has 1 aromatic rings. The average molecular weight is 235 g/mol. The molecule has 1 rings (SSSR count). The van der Waals surface area contributed by atoms with E-state index in [1.165, 1.54) is 0 Å². The number of nitrogens with one attached hydrogen (secondary N) is 1. The largest absolute Gasteiger partial charge is 0.389 e. The molecule has 0 aliphatic rings. The maximum absolute atomic E-state index is 11.9. The second kappa shape index (κ2) is 6.40. The minimum absolute atomic E-state index is 0.0535. The van der Waals surface area contributed by atoms with Crippen molar-refractivity contribution in [3.63, 3.8) is 0 Å². The van der Waals surface area contributed by atoms with Gasteiger partial charge in [0, 0.05) is 11.6 Å². The summed E-state index contributed by atoms with van der Waals surface area (Å²) in [7, 11) is 0. The third-order valence-electron chi connectivity index (χ3n) is 2.99. The fraction of sp³-hybridized carbons (Fsp3) is 0.500. The first-order valence-corrected chi connectivity index (χ1v) is 6.17. The number of carbonyl (C=O) groups excluding carboxylic acids is 1. The Kier molecular flexibility index (Phi) is 5.16. The molecule has 0 aliphatic heterocycles. The molecule has 1 amide bonds. The van der Waals surface area contributed by atoms with Crippen LogP contribution >= 0.6 is 0 Å². The predicted molar refractivity (Wildman–Crippen MR) is 69.8 cm³/mol. The number of benzene rings is 1. The van der Waals surface area contributed by atoms with Gasteiger partial charge in [0.05, 0.1) is 6.10 Å². The van der Waals surface area contributed by atoms with Crippen molar-refractivity contribution >= 4 is 11.6 Å². The molecular formula is C14H21NO2. The van der Waals surface area contributed by atoms with Gasteiger partial charge in [0.1, 0.15) is 0 Å². The van der Waals surface area contributed by atoms with Crippen LogP contribution in [0.2, 0.25) is 0 Å². The van der Waals surface area contributed by atoms with Crippen LogP contribution in [0.5, 0.6) is 0 Å².